The second kappa shape index (κ2) is 6.17. The molecule has 1 aromatic rings. The quantitative estimate of drug-likeness (QED) is 0.805. The maximum Gasteiger partial charge on any atom is 0.0406 e. The van der Waals surface area contributed by atoms with Gasteiger partial charge in [0.05, 0.1) is 0 Å². The Kier molecular flexibility index (Phi) is 4.74. The van der Waals surface area contributed by atoms with Crippen LogP contribution in [0.25, 0.3) is 0 Å². The molecule has 1 atom stereocenters. The lowest BCUT2D eigenvalue weighted by Gasteiger charge is -2.47. The molecule has 2 heteroatoms. The van der Waals surface area contributed by atoms with Gasteiger partial charge < -0.3 is 10.2 Å². The average Bonchev–Trinajstić information content (AvgIpc) is 2.39. The number of rotatable bonds is 5. The van der Waals surface area contributed by atoms with Gasteiger partial charge in [-0.05, 0) is 63.3 Å². The highest BCUT2D eigenvalue weighted by molar-refractivity contribution is 5.60. The summed E-state index contributed by atoms with van der Waals surface area (Å²) in [5, 5.41) is 3.50. The molecule has 0 aromatic heterocycles. The Labute approximate surface area is 124 Å². The molecule has 0 unspecified atom stereocenters. The van der Waals surface area contributed by atoms with Crippen molar-refractivity contribution < 1.29 is 0 Å². The molecule has 2 rings (SSSR count). The maximum atomic E-state index is 3.50. The molecule has 1 aromatic carbocycles. The van der Waals surface area contributed by atoms with Gasteiger partial charge in [0.15, 0.2) is 0 Å². The van der Waals surface area contributed by atoms with E-state index in [9.17, 15) is 0 Å². The van der Waals surface area contributed by atoms with E-state index in [4.69, 9.17) is 0 Å². The summed E-state index contributed by atoms with van der Waals surface area (Å²) in [7, 11) is 0. The molecule has 0 amide bonds. The van der Waals surface area contributed by atoms with E-state index in [1.54, 1.807) is 0 Å². The fourth-order valence-electron chi connectivity index (χ4n) is 3.66. The van der Waals surface area contributed by atoms with Crippen molar-refractivity contribution in [3.05, 3.63) is 29.3 Å². The zero-order valence-corrected chi connectivity index (χ0v) is 13.8. The van der Waals surface area contributed by atoms with Crippen LogP contribution in [0.4, 0.5) is 5.69 Å². The molecule has 0 bridgehead atoms. The van der Waals surface area contributed by atoms with Crippen LogP contribution in [-0.2, 0) is 6.54 Å². The first kappa shape index (κ1) is 15.4. The van der Waals surface area contributed by atoms with Gasteiger partial charge >= 0.3 is 0 Å². The molecule has 1 aliphatic rings. The van der Waals surface area contributed by atoms with Crippen LogP contribution in [0.2, 0.25) is 0 Å². The van der Waals surface area contributed by atoms with Crippen molar-refractivity contribution >= 4 is 5.69 Å². The lowest BCUT2D eigenvalue weighted by molar-refractivity contribution is 0.381. The van der Waals surface area contributed by atoms with Crippen LogP contribution >= 0.6 is 0 Å². The highest BCUT2D eigenvalue weighted by atomic mass is 15.2. The molecule has 0 spiro atoms. The third-order valence-corrected chi connectivity index (χ3v) is 4.52. The maximum absolute atomic E-state index is 3.50. The van der Waals surface area contributed by atoms with Crippen LogP contribution in [0.1, 0.15) is 64.5 Å². The van der Waals surface area contributed by atoms with E-state index in [0.29, 0.717) is 5.92 Å². The van der Waals surface area contributed by atoms with Gasteiger partial charge in [0.25, 0.3) is 0 Å². The summed E-state index contributed by atoms with van der Waals surface area (Å²) in [4.78, 5) is 2.56. The highest BCUT2D eigenvalue weighted by Crippen LogP contribution is 2.43. The number of nitrogens with zero attached hydrogens (tertiary/aromatic N) is 1. The van der Waals surface area contributed by atoms with Crippen LogP contribution < -0.4 is 10.2 Å². The number of nitrogens with one attached hydrogen (secondary N) is 1. The number of hydrogen-bond acceptors (Lipinski definition) is 2. The lowest BCUT2D eigenvalue weighted by atomic mass is 9.79. The van der Waals surface area contributed by atoms with E-state index in [-0.39, 0.29) is 5.54 Å². The number of hydrogen-bond donors (Lipinski definition) is 1. The van der Waals surface area contributed by atoms with Gasteiger partial charge in [-0.15, -0.1) is 0 Å². The lowest BCUT2D eigenvalue weighted by Crippen LogP contribution is -2.48. The van der Waals surface area contributed by atoms with Gasteiger partial charge in [-0.1, -0.05) is 26.0 Å². The van der Waals surface area contributed by atoms with Crippen LogP contribution in [0.5, 0.6) is 0 Å². The number of fused-ring (bicyclic) bond motifs is 1. The largest absolute Gasteiger partial charge is 0.366 e. The fraction of sp³-hybridized carbons (Fsp3) is 0.667. The van der Waals surface area contributed by atoms with Crippen molar-refractivity contribution in [1.82, 2.24) is 5.32 Å². The van der Waals surface area contributed by atoms with E-state index in [2.05, 4.69) is 63.0 Å². The van der Waals surface area contributed by atoms with Gasteiger partial charge in [-0.3, -0.25) is 0 Å². The summed E-state index contributed by atoms with van der Waals surface area (Å²) in [5.74, 6) is 0.647. The minimum Gasteiger partial charge on any atom is -0.366 e. The van der Waals surface area contributed by atoms with Crippen molar-refractivity contribution in [3.63, 3.8) is 0 Å². The average molecular weight is 274 g/mol. The van der Waals surface area contributed by atoms with Crippen molar-refractivity contribution in [2.24, 2.45) is 0 Å². The van der Waals surface area contributed by atoms with Crippen LogP contribution in [-0.4, -0.2) is 18.6 Å². The van der Waals surface area contributed by atoms with Crippen LogP contribution in [0.3, 0.4) is 0 Å². The van der Waals surface area contributed by atoms with Crippen LogP contribution in [0.15, 0.2) is 18.2 Å². The molecule has 0 saturated carbocycles. The van der Waals surface area contributed by atoms with Crippen molar-refractivity contribution in [2.75, 3.05) is 18.0 Å². The molecular formula is C18H30N2. The Bertz CT molecular complexity index is 451. The molecule has 0 fully saturated rings. The summed E-state index contributed by atoms with van der Waals surface area (Å²) >= 11 is 0. The summed E-state index contributed by atoms with van der Waals surface area (Å²) in [5.41, 5.74) is 4.65. The topological polar surface area (TPSA) is 15.3 Å². The predicted molar refractivity (Wildman–Crippen MR) is 88.6 cm³/mol. The fourth-order valence-corrected chi connectivity index (χ4v) is 3.66. The first-order valence-corrected chi connectivity index (χ1v) is 8.10. The minimum absolute atomic E-state index is 0.267. The molecule has 112 valence electrons. The second-order valence-corrected chi connectivity index (χ2v) is 6.73. The molecule has 20 heavy (non-hydrogen) atoms. The highest BCUT2D eigenvalue weighted by Gasteiger charge is 2.35. The van der Waals surface area contributed by atoms with E-state index in [0.717, 1.165) is 19.6 Å². The van der Waals surface area contributed by atoms with Gasteiger partial charge in [0.2, 0.25) is 0 Å². The molecule has 0 saturated heterocycles. The van der Waals surface area contributed by atoms with Crippen LogP contribution in [0, 0.1) is 0 Å². The van der Waals surface area contributed by atoms with Gasteiger partial charge in [0.1, 0.15) is 0 Å². The number of benzene rings is 1. The van der Waals surface area contributed by atoms with E-state index in [1.807, 2.05) is 0 Å². The summed E-state index contributed by atoms with van der Waals surface area (Å²) < 4.78 is 0. The van der Waals surface area contributed by atoms with E-state index >= 15 is 0 Å². The van der Waals surface area contributed by atoms with Gasteiger partial charge in [-0.25, -0.2) is 0 Å². The molecule has 1 N–H and O–H groups in total. The monoisotopic (exact) mass is 274 g/mol. The van der Waals surface area contributed by atoms with Gasteiger partial charge in [0, 0.05) is 24.3 Å². The minimum atomic E-state index is 0.267. The predicted octanol–water partition coefficient (Wildman–Crippen LogP) is 4.30. The second-order valence-electron chi connectivity index (χ2n) is 6.73. The molecule has 0 radical (unpaired) electrons. The summed E-state index contributed by atoms with van der Waals surface area (Å²) in [6, 6.07) is 7.04. The summed E-state index contributed by atoms with van der Waals surface area (Å²) in [6.45, 7) is 14.8. The Morgan fingerprint density at radius 1 is 1.30 bits per heavy atom. The molecule has 0 aliphatic carbocycles. The Balaban J connectivity index is 2.27. The number of anilines is 1. The Morgan fingerprint density at radius 2 is 2.05 bits per heavy atom. The third kappa shape index (κ3) is 3.01. The Hall–Kier alpha value is -1.02. The summed E-state index contributed by atoms with van der Waals surface area (Å²) in [6.07, 6.45) is 2.43. The van der Waals surface area contributed by atoms with Gasteiger partial charge in [-0.2, -0.15) is 0 Å². The Morgan fingerprint density at radius 3 is 2.70 bits per heavy atom. The molecule has 2 nitrogen and oxygen atoms in total. The first-order chi connectivity index (χ1) is 9.49. The van der Waals surface area contributed by atoms with E-state index in [1.165, 1.54) is 29.7 Å². The van der Waals surface area contributed by atoms with Crippen molar-refractivity contribution in [1.29, 1.82) is 0 Å². The zero-order valence-electron chi connectivity index (χ0n) is 13.8. The smallest absolute Gasteiger partial charge is 0.0406 e. The first-order valence-electron chi connectivity index (χ1n) is 8.10. The SMILES string of the molecule is CCCNCc1ccc2c(c1)[C@H](C)CC(C)(C)N2CC. The molecule has 1 heterocycles. The van der Waals surface area contributed by atoms with Crippen molar-refractivity contribution in [2.45, 2.75) is 65.5 Å². The third-order valence-electron chi connectivity index (χ3n) is 4.52. The normalized spacial score (nSPS) is 20.9. The standard InChI is InChI=1S/C18H30N2/c1-6-10-19-13-15-8-9-17-16(11-15)14(3)12-18(4,5)20(17)7-2/h8-9,11,14,19H,6-7,10,12-13H2,1-5H3/t14-/m1/s1. The molecular weight excluding hydrogens is 244 g/mol. The molecule has 1 aliphatic heterocycles. The van der Waals surface area contributed by atoms with E-state index < -0.39 is 0 Å². The van der Waals surface area contributed by atoms with Crippen molar-refractivity contribution in [3.8, 4) is 0 Å². The zero-order chi connectivity index (χ0) is 14.8.